The summed E-state index contributed by atoms with van der Waals surface area (Å²) in [5.74, 6) is -1.76. The quantitative estimate of drug-likeness (QED) is 0.268. The van der Waals surface area contributed by atoms with Gasteiger partial charge in [-0.3, -0.25) is 14.5 Å². The lowest BCUT2D eigenvalue weighted by Crippen LogP contribution is -2.32. The molecule has 0 aliphatic heterocycles. The van der Waals surface area contributed by atoms with E-state index < -0.39 is 38.3 Å². The highest BCUT2D eigenvalue weighted by molar-refractivity contribution is 7.90. The Balaban J connectivity index is 1.81. The molecule has 0 aliphatic carbocycles. The van der Waals surface area contributed by atoms with Crippen LogP contribution in [0.25, 0.3) is 11.3 Å². The summed E-state index contributed by atoms with van der Waals surface area (Å²) in [6.45, 7) is -0.297. The number of rotatable bonds is 6. The molecule has 14 heteroatoms. The predicted octanol–water partition coefficient (Wildman–Crippen LogP) is 4.34. The van der Waals surface area contributed by atoms with Gasteiger partial charge in [0.05, 0.1) is 40.1 Å². The van der Waals surface area contributed by atoms with Crippen LogP contribution in [0.1, 0.15) is 27.2 Å². The minimum Gasteiger partial charge on any atom is -0.398 e. The van der Waals surface area contributed by atoms with Gasteiger partial charge in [-0.1, -0.05) is 12.1 Å². The van der Waals surface area contributed by atoms with Gasteiger partial charge in [0.1, 0.15) is 17.6 Å². The number of nitriles is 1. The molecular weight excluding hydrogens is 552 g/mol. The maximum atomic E-state index is 14.0. The summed E-state index contributed by atoms with van der Waals surface area (Å²) >= 11 is 0. The van der Waals surface area contributed by atoms with Gasteiger partial charge in [-0.25, -0.2) is 12.8 Å². The topological polar surface area (TPSA) is 135 Å². The third kappa shape index (κ3) is 5.64. The highest BCUT2D eigenvalue weighted by Crippen LogP contribution is 2.33. The number of amides is 1. The Morgan fingerprint density at radius 2 is 1.85 bits per heavy atom. The lowest BCUT2D eigenvalue weighted by atomic mass is 10.0. The molecular formula is C26H20F4N6O3S. The van der Waals surface area contributed by atoms with Gasteiger partial charge in [0.15, 0.2) is 9.84 Å². The number of nitrogen functional groups attached to an aromatic ring is 1. The number of hydrogen-bond donors (Lipinski definition) is 1. The average molecular weight is 573 g/mol. The second-order valence-corrected chi connectivity index (χ2v) is 10.8. The molecule has 40 heavy (non-hydrogen) atoms. The van der Waals surface area contributed by atoms with Crippen LogP contribution < -0.4 is 10.6 Å². The normalized spacial score (nSPS) is 11.7. The molecule has 2 aromatic carbocycles. The Kier molecular flexibility index (Phi) is 7.36. The number of aromatic nitrogens is 3. The highest BCUT2D eigenvalue weighted by Gasteiger charge is 2.33. The summed E-state index contributed by atoms with van der Waals surface area (Å²) in [6, 6.07) is 11.0. The van der Waals surface area contributed by atoms with Gasteiger partial charge in [0.2, 0.25) is 0 Å². The van der Waals surface area contributed by atoms with Crippen LogP contribution in [0.15, 0.2) is 65.8 Å². The molecule has 0 fully saturated rings. The van der Waals surface area contributed by atoms with Crippen LogP contribution >= 0.6 is 0 Å². The summed E-state index contributed by atoms with van der Waals surface area (Å²) in [6.07, 6.45) is -1.80. The molecule has 2 heterocycles. The average Bonchev–Trinajstić information content (AvgIpc) is 3.26. The molecule has 9 nitrogen and oxygen atoms in total. The van der Waals surface area contributed by atoms with E-state index in [2.05, 4.69) is 10.1 Å². The molecule has 0 bridgehead atoms. The Hall–Kier alpha value is -4.77. The van der Waals surface area contributed by atoms with Crippen LogP contribution in [0.4, 0.5) is 28.9 Å². The zero-order valence-corrected chi connectivity index (χ0v) is 21.8. The van der Waals surface area contributed by atoms with Crippen LogP contribution in [0, 0.1) is 17.1 Å². The van der Waals surface area contributed by atoms with Crippen molar-refractivity contribution in [2.45, 2.75) is 17.6 Å². The first-order valence-corrected chi connectivity index (χ1v) is 13.3. The van der Waals surface area contributed by atoms with E-state index >= 15 is 0 Å². The highest BCUT2D eigenvalue weighted by atomic mass is 32.2. The van der Waals surface area contributed by atoms with Crippen molar-refractivity contribution in [3.63, 3.8) is 0 Å². The molecule has 0 radical (unpaired) electrons. The van der Waals surface area contributed by atoms with Crippen molar-refractivity contribution in [1.29, 1.82) is 5.26 Å². The van der Waals surface area contributed by atoms with Crippen molar-refractivity contribution in [1.82, 2.24) is 14.8 Å². The number of aryl methyl sites for hydroxylation is 1. The van der Waals surface area contributed by atoms with Crippen LogP contribution in [-0.2, 0) is 29.6 Å². The van der Waals surface area contributed by atoms with Crippen molar-refractivity contribution in [2.75, 3.05) is 16.9 Å². The Labute approximate surface area is 226 Å². The van der Waals surface area contributed by atoms with Gasteiger partial charge in [-0.2, -0.15) is 23.5 Å². The lowest BCUT2D eigenvalue weighted by molar-refractivity contribution is -0.141. The van der Waals surface area contributed by atoms with Crippen molar-refractivity contribution >= 4 is 27.1 Å². The molecule has 0 saturated carbocycles. The number of halogens is 4. The number of nitrogens with zero attached hydrogens (tertiary/aromatic N) is 5. The van der Waals surface area contributed by atoms with Crippen molar-refractivity contribution in [3.05, 3.63) is 89.1 Å². The van der Waals surface area contributed by atoms with Gasteiger partial charge < -0.3 is 10.6 Å². The fourth-order valence-electron chi connectivity index (χ4n) is 4.07. The van der Waals surface area contributed by atoms with Crippen molar-refractivity contribution in [2.24, 2.45) is 7.05 Å². The third-order valence-electron chi connectivity index (χ3n) is 5.93. The molecule has 2 aromatic heterocycles. The third-order valence-corrected chi connectivity index (χ3v) is 7.06. The maximum Gasteiger partial charge on any atom is 0.433 e. The van der Waals surface area contributed by atoms with E-state index in [0.29, 0.717) is 22.9 Å². The summed E-state index contributed by atoms with van der Waals surface area (Å²) in [5.41, 5.74) is 6.40. The first-order chi connectivity index (χ1) is 18.7. The first-order valence-electron chi connectivity index (χ1n) is 11.4. The van der Waals surface area contributed by atoms with E-state index in [0.717, 1.165) is 41.6 Å². The summed E-state index contributed by atoms with van der Waals surface area (Å²) < 4.78 is 79.5. The van der Waals surface area contributed by atoms with Gasteiger partial charge in [-0.15, -0.1) is 0 Å². The Morgan fingerprint density at radius 3 is 2.42 bits per heavy atom. The smallest absolute Gasteiger partial charge is 0.398 e. The summed E-state index contributed by atoms with van der Waals surface area (Å²) in [5, 5.41) is 13.4. The van der Waals surface area contributed by atoms with E-state index in [4.69, 9.17) is 5.73 Å². The van der Waals surface area contributed by atoms with Gasteiger partial charge >= 0.3 is 6.18 Å². The molecule has 206 valence electrons. The second kappa shape index (κ2) is 10.4. The lowest BCUT2D eigenvalue weighted by Gasteiger charge is -2.25. The second-order valence-electron chi connectivity index (χ2n) is 8.77. The fraction of sp³-hybridized carbons (Fsp3) is 0.154. The Morgan fingerprint density at radius 1 is 1.12 bits per heavy atom. The van der Waals surface area contributed by atoms with E-state index in [1.54, 1.807) is 19.2 Å². The molecule has 0 atom stereocenters. The number of alkyl halides is 3. The first kappa shape index (κ1) is 28.2. The number of pyridine rings is 1. The van der Waals surface area contributed by atoms with Crippen LogP contribution in [0.2, 0.25) is 0 Å². The SMILES string of the molecule is Cn1ncc(C#N)c1-c1ccc(CN(C(=O)c2ccc(C(F)(F)F)nc2)c2ccc(F)cc2S(C)(=O)=O)cc1N. The zero-order valence-electron chi connectivity index (χ0n) is 20.9. The molecule has 0 saturated heterocycles. The van der Waals surface area contributed by atoms with Crippen molar-refractivity contribution in [3.8, 4) is 17.3 Å². The fourth-order valence-corrected chi connectivity index (χ4v) is 4.95. The minimum atomic E-state index is -4.74. The number of hydrogen-bond acceptors (Lipinski definition) is 7. The van der Waals surface area contributed by atoms with Crippen LogP contribution in [0.3, 0.4) is 0 Å². The molecule has 4 rings (SSSR count). The van der Waals surface area contributed by atoms with Gasteiger partial charge in [0.25, 0.3) is 5.91 Å². The number of nitrogens with two attached hydrogens (primary N) is 1. The largest absolute Gasteiger partial charge is 0.433 e. The Bertz CT molecular complexity index is 1760. The number of benzene rings is 2. The monoisotopic (exact) mass is 572 g/mol. The van der Waals surface area contributed by atoms with Crippen LogP contribution in [-0.4, -0.2) is 35.3 Å². The number of carbonyl (C=O) groups is 1. The standard InChI is InChI=1S/C26H20F4N6O3S/c1-35-24(17(11-31)13-34-35)19-6-3-15(9-20(19)32)14-36(21-7-5-18(27)10-22(21)40(2,38)39)25(37)16-4-8-23(33-12-16)26(28,29)30/h3-10,12-13H,14,32H2,1-2H3. The van der Waals surface area contributed by atoms with Crippen LogP contribution in [0.5, 0.6) is 0 Å². The molecule has 2 N–H and O–H groups in total. The van der Waals surface area contributed by atoms with Gasteiger partial charge in [-0.05, 0) is 42.0 Å². The number of carbonyl (C=O) groups excluding carboxylic acids is 1. The van der Waals surface area contributed by atoms with E-state index in [1.807, 2.05) is 6.07 Å². The summed E-state index contributed by atoms with van der Waals surface area (Å²) in [7, 11) is -2.43. The number of anilines is 2. The van der Waals surface area contributed by atoms with E-state index in [-0.39, 0.29) is 29.0 Å². The van der Waals surface area contributed by atoms with Crippen molar-refractivity contribution < 1.29 is 30.8 Å². The molecule has 4 aromatic rings. The van der Waals surface area contributed by atoms with E-state index in [1.165, 1.54) is 16.9 Å². The molecule has 0 spiro atoms. The zero-order chi connectivity index (χ0) is 29.4. The molecule has 1 amide bonds. The maximum absolute atomic E-state index is 14.0. The van der Waals surface area contributed by atoms with Gasteiger partial charge in [0, 0.05) is 30.8 Å². The van der Waals surface area contributed by atoms with E-state index in [9.17, 15) is 36.0 Å². The predicted molar refractivity (Wildman–Crippen MR) is 137 cm³/mol. The number of sulfone groups is 1. The summed E-state index contributed by atoms with van der Waals surface area (Å²) in [4.78, 5) is 17.4. The minimum absolute atomic E-state index is 0.199. The molecule has 0 unspecified atom stereocenters. The molecule has 0 aliphatic rings.